The van der Waals surface area contributed by atoms with E-state index in [4.69, 9.17) is 40.4 Å². The lowest BCUT2D eigenvalue weighted by Gasteiger charge is -2.10. The average molecular weight is 997 g/mol. The quantitative estimate of drug-likeness (QED) is 0.0746. The third kappa shape index (κ3) is 11.7. The highest BCUT2D eigenvalue weighted by atomic mass is 35.5. The Hall–Kier alpha value is -8.84. The Kier molecular flexibility index (Phi) is 14.4. The van der Waals surface area contributed by atoms with Crippen LogP contribution in [-0.4, -0.2) is 54.0 Å². The van der Waals surface area contributed by atoms with Crippen molar-refractivity contribution < 1.29 is 0 Å². The van der Waals surface area contributed by atoms with Gasteiger partial charge in [0.2, 0.25) is 17.8 Å². The predicted molar refractivity (Wildman–Crippen MR) is 286 cm³/mol. The van der Waals surface area contributed by atoms with E-state index in [0.29, 0.717) is 38.9 Å². The van der Waals surface area contributed by atoms with Crippen LogP contribution in [0.4, 0.5) is 52.4 Å². The number of benzene rings is 3. The van der Waals surface area contributed by atoms with E-state index in [1.54, 1.807) is 75.1 Å². The maximum Gasteiger partial charge on any atom is 0.222 e. The Labute approximate surface area is 421 Å². The zero-order valence-electron chi connectivity index (χ0n) is 38.0. The van der Waals surface area contributed by atoms with Crippen LogP contribution in [0.15, 0.2) is 181 Å². The van der Waals surface area contributed by atoms with Crippen LogP contribution in [0.5, 0.6) is 0 Å². The number of nitrogen functional groups attached to an aromatic ring is 3. The van der Waals surface area contributed by atoms with Gasteiger partial charge in [0.05, 0.1) is 22.4 Å². The van der Waals surface area contributed by atoms with Gasteiger partial charge in [-0.2, -0.15) is 15.0 Å². The minimum Gasteiger partial charge on any atom is -0.368 e. The fourth-order valence-corrected chi connectivity index (χ4v) is 8.31. The highest BCUT2D eigenvalue weighted by molar-refractivity contribution is 7.99. The van der Waals surface area contributed by atoms with E-state index in [1.807, 2.05) is 97.3 Å². The van der Waals surface area contributed by atoms with Crippen molar-refractivity contribution in [2.75, 3.05) is 33.2 Å². The summed E-state index contributed by atoms with van der Waals surface area (Å²) in [5.41, 5.74) is 25.3. The van der Waals surface area contributed by atoms with E-state index in [1.165, 1.54) is 0 Å². The van der Waals surface area contributed by atoms with Crippen molar-refractivity contribution in [2.45, 2.75) is 23.6 Å². The molecule has 20 heteroatoms. The number of nitrogens with one attached hydrogen (secondary N) is 3. The van der Waals surface area contributed by atoms with Crippen LogP contribution < -0.4 is 33.2 Å². The van der Waals surface area contributed by atoms with Crippen LogP contribution >= 0.6 is 35.0 Å². The number of pyridine rings is 3. The minimum absolute atomic E-state index is 0.189. The molecule has 8 heterocycles. The first kappa shape index (κ1) is 47.2. The van der Waals surface area contributed by atoms with E-state index in [2.05, 4.69) is 94.2 Å². The van der Waals surface area contributed by atoms with E-state index in [-0.39, 0.29) is 17.8 Å². The lowest BCUT2D eigenvalue weighted by atomic mass is 10.2. The van der Waals surface area contributed by atoms with E-state index in [9.17, 15) is 0 Å². The number of halogens is 2. The van der Waals surface area contributed by atoms with Crippen LogP contribution in [0.25, 0.3) is 33.2 Å². The molecule has 0 atom stereocenters. The monoisotopic (exact) mass is 995 g/mol. The second-order valence-electron chi connectivity index (χ2n) is 15.5. The number of hydrogen-bond donors (Lipinski definition) is 6. The van der Waals surface area contributed by atoms with Gasteiger partial charge < -0.3 is 42.3 Å². The highest BCUT2D eigenvalue weighted by Gasteiger charge is 2.12. The van der Waals surface area contributed by atoms with Gasteiger partial charge in [0.1, 0.15) is 15.9 Å². The third-order valence-electron chi connectivity index (χ3n) is 10.5. The lowest BCUT2D eigenvalue weighted by molar-refractivity contribution is 1.11. The first-order valence-electron chi connectivity index (χ1n) is 21.7. The molecule has 3 aromatic carbocycles. The van der Waals surface area contributed by atoms with Gasteiger partial charge in [-0.3, -0.25) is 15.0 Å². The first-order chi connectivity index (χ1) is 34.5. The van der Waals surface area contributed by atoms with Crippen LogP contribution in [-0.2, 0) is 0 Å². The second-order valence-corrected chi connectivity index (χ2v) is 17.4. The smallest absolute Gasteiger partial charge is 0.222 e. The van der Waals surface area contributed by atoms with Crippen LogP contribution in [0.3, 0.4) is 0 Å². The Morgan fingerprint density at radius 3 is 1.41 bits per heavy atom. The molecule has 0 amide bonds. The van der Waals surface area contributed by atoms with Gasteiger partial charge in [-0.25, -0.2) is 15.0 Å². The minimum atomic E-state index is 0.189. The third-order valence-corrected chi connectivity index (χ3v) is 12.5. The number of aromatic nitrogens is 11. The average Bonchev–Trinajstić information content (AvgIpc) is 4.01. The van der Waals surface area contributed by atoms with Gasteiger partial charge in [0.25, 0.3) is 0 Å². The molecular weight excluding hydrogens is 954 g/mol. The van der Waals surface area contributed by atoms with Crippen molar-refractivity contribution in [1.82, 2.24) is 54.0 Å². The molecule has 17 nitrogen and oxygen atoms in total. The van der Waals surface area contributed by atoms with Gasteiger partial charge in [-0.1, -0.05) is 35.0 Å². The molecular formula is C51H43Cl2N17S. The molecule has 0 aliphatic heterocycles. The summed E-state index contributed by atoms with van der Waals surface area (Å²) in [6.45, 7) is 3.59. The number of nitrogens with zero attached hydrogens (tertiary/aromatic N) is 11. The maximum absolute atomic E-state index is 6.26. The number of hydrogen-bond acceptors (Lipinski definition) is 16. The lowest BCUT2D eigenvalue weighted by Crippen LogP contribution is -2.03. The molecule has 0 fully saturated rings. The summed E-state index contributed by atoms with van der Waals surface area (Å²) < 4.78 is 4.24. The second kappa shape index (κ2) is 21.6. The Balaban J connectivity index is 0.000000132. The molecule has 8 aromatic heterocycles. The van der Waals surface area contributed by atoms with Crippen LogP contribution in [0.1, 0.15) is 11.4 Å². The molecule has 11 aromatic rings. The fraction of sp³-hybridized carbons (Fsp3) is 0.0392. The number of fused-ring (bicyclic) bond motifs is 2. The normalized spacial score (nSPS) is 10.8. The standard InChI is InChI=1S/C18H15ClN6.C17H14N6.C16H14ClN5S/c1-11-16(19)17(24-18(20)22-11)23-13-2-3-15-12(10-13)6-9-25(15)14-4-7-21-8-5-14;18-17-20-9-5-16(22-17)21-13-1-2-15-12(11-13)6-10-23(15)14-3-7-19-8-4-14;1-10-14(17)15(22-16(18)20-10)21-11-2-4-12(5-3-11)23-13-6-8-19-9-7-13/h2-10H,1H3,(H3,20,22,23,24);1-11H,(H3,18,20,21,22);2-9H,1H3,(H3,18,20,21,22). The SMILES string of the molecule is Cc1nc(N)nc(Nc2ccc(Sc3ccncc3)cc2)c1Cl.Cc1nc(N)nc(Nc2ccc3c(ccn3-c3ccncc3)c2)c1Cl.Nc1nccc(Nc2ccc3c(ccn3-c3ccncc3)c2)n1. The molecule has 0 saturated heterocycles. The summed E-state index contributed by atoms with van der Waals surface area (Å²) in [6.07, 6.45) is 16.4. The number of nitrogens with two attached hydrogens (primary N) is 3. The largest absolute Gasteiger partial charge is 0.368 e. The fourth-order valence-electron chi connectivity index (χ4n) is 7.24. The summed E-state index contributed by atoms with van der Waals surface area (Å²) in [6, 6.07) is 38.0. The zero-order valence-corrected chi connectivity index (χ0v) is 40.3. The number of aryl methyl sites for hydroxylation is 2. The molecule has 9 N–H and O–H groups in total. The molecule has 0 bridgehead atoms. The Morgan fingerprint density at radius 2 is 0.901 bits per heavy atom. The molecule has 0 radical (unpaired) electrons. The van der Waals surface area contributed by atoms with Crippen molar-refractivity contribution in [3.63, 3.8) is 0 Å². The van der Waals surface area contributed by atoms with Gasteiger partial charge in [-0.15, -0.1) is 0 Å². The maximum atomic E-state index is 6.26. The summed E-state index contributed by atoms with van der Waals surface area (Å²) in [5.74, 6) is 2.31. The summed E-state index contributed by atoms with van der Waals surface area (Å²) in [7, 11) is 0. The topological polar surface area (TPSA) is 240 Å². The van der Waals surface area contributed by atoms with Gasteiger partial charge in [-0.05, 0) is 129 Å². The van der Waals surface area contributed by atoms with E-state index < -0.39 is 0 Å². The van der Waals surface area contributed by atoms with Crippen molar-refractivity contribution in [1.29, 1.82) is 0 Å². The van der Waals surface area contributed by atoms with Gasteiger partial charge in [0, 0.05) is 105 Å². The van der Waals surface area contributed by atoms with Crippen molar-refractivity contribution in [2.24, 2.45) is 0 Å². The molecule has 71 heavy (non-hydrogen) atoms. The molecule has 0 aliphatic rings. The van der Waals surface area contributed by atoms with E-state index >= 15 is 0 Å². The van der Waals surface area contributed by atoms with Crippen LogP contribution in [0.2, 0.25) is 10.0 Å². The molecule has 0 aliphatic carbocycles. The summed E-state index contributed by atoms with van der Waals surface area (Å²) in [4.78, 5) is 38.8. The molecule has 0 spiro atoms. The van der Waals surface area contributed by atoms with Gasteiger partial charge >= 0.3 is 0 Å². The number of rotatable bonds is 10. The van der Waals surface area contributed by atoms with Crippen molar-refractivity contribution in [3.05, 3.63) is 192 Å². The Bertz CT molecular complexity index is 3580. The van der Waals surface area contributed by atoms with Crippen LogP contribution in [0, 0.1) is 13.8 Å². The first-order valence-corrected chi connectivity index (χ1v) is 23.3. The zero-order chi connectivity index (χ0) is 49.3. The summed E-state index contributed by atoms with van der Waals surface area (Å²) in [5, 5.41) is 12.8. The highest BCUT2D eigenvalue weighted by Crippen LogP contribution is 2.32. The molecule has 0 unspecified atom stereocenters. The Morgan fingerprint density at radius 1 is 0.451 bits per heavy atom. The van der Waals surface area contributed by atoms with E-state index in [0.717, 1.165) is 60.0 Å². The summed E-state index contributed by atoms with van der Waals surface area (Å²) >= 11 is 14.1. The van der Waals surface area contributed by atoms with Gasteiger partial charge in [0.15, 0.2) is 11.6 Å². The van der Waals surface area contributed by atoms with Crippen molar-refractivity contribution >= 4 is 109 Å². The predicted octanol–water partition coefficient (Wildman–Crippen LogP) is 11.6. The number of anilines is 9. The molecule has 11 rings (SSSR count). The van der Waals surface area contributed by atoms with Crippen molar-refractivity contribution in [3.8, 4) is 11.4 Å². The molecule has 352 valence electrons. The molecule has 0 saturated carbocycles.